The molecular weight excluding hydrogens is 454 g/mol. The number of halogens is 4. The van der Waals surface area contributed by atoms with Crippen LogP contribution < -0.4 is 10.6 Å². The van der Waals surface area contributed by atoms with Crippen molar-refractivity contribution in [1.82, 2.24) is 10.6 Å². The first-order valence-corrected chi connectivity index (χ1v) is 11.4. The van der Waals surface area contributed by atoms with Crippen molar-refractivity contribution in [3.8, 4) is 6.07 Å². The van der Waals surface area contributed by atoms with Crippen LogP contribution in [-0.2, 0) is 11.2 Å². The number of carbonyl (C=O) groups excluding carboxylic acids is 1. The Morgan fingerprint density at radius 3 is 2.33 bits per heavy atom. The molecule has 1 aliphatic rings. The maximum absolute atomic E-state index is 14.8. The minimum atomic E-state index is -3.34. The molecule has 2 aromatic rings. The van der Waals surface area contributed by atoms with Crippen molar-refractivity contribution in [3.63, 3.8) is 0 Å². The lowest BCUT2D eigenvalue weighted by molar-refractivity contribution is -0.127. The number of nitrogens with one attached hydrogen (secondary N) is 2. The predicted molar refractivity (Wildman–Crippen MR) is 119 cm³/mol. The van der Waals surface area contributed by atoms with Gasteiger partial charge in [0.15, 0.2) is 0 Å². The minimum Gasteiger partial charge on any atom is -0.336 e. The van der Waals surface area contributed by atoms with Crippen molar-refractivity contribution in [2.24, 2.45) is 0 Å². The average Bonchev–Trinajstić information content (AvgIpc) is 3.53. The van der Waals surface area contributed by atoms with E-state index in [1.165, 1.54) is 12.1 Å². The van der Waals surface area contributed by atoms with Crippen LogP contribution in [0.4, 0.5) is 17.6 Å². The fourth-order valence-electron chi connectivity index (χ4n) is 3.29. The molecule has 1 saturated carbocycles. The van der Waals surface area contributed by atoms with Gasteiger partial charge in [-0.2, -0.15) is 14.0 Å². The topological polar surface area (TPSA) is 64.9 Å². The molecule has 0 radical (unpaired) electrons. The van der Waals surface area contributed by atoms with Crippen molar-refractivity contribution in [1.29, 1.82) is 5.26 Å². The normalized spacial score (nSPS) is 16.0. The summed E-state index contributed by atoms with van der Waals surface area (Å²) in [5, 5.41) is 10.6. The molecule has 0 aliphatic heterocycles. The number of aryl methyl sites for hydroxylation is 1. The Kier molecular flexibility index (Phi) is 7.70. The van der Waals surface area contributed by atoms with Crippen LogP contribution in [0.2, 0.25) is 0 Å². The Morgan fingerprint density at radius 2 is 1.76 bits per heavy atom. The van der Waals surface area contributed by atoms with Crippen LogP contribution >= 0.6 is 11.8 Å². The Labute approximate surface area is 194 Å². The van der Waals surface area contributed by atoms with E-state index in [2.05, 4.69) is 10.6 Å². The van der Waals surface area contributed by atoms with Gasteiger partial charge < -0.3 is 5.32 Å². The van der Waals surface area contributed by atoms with Crippen molar-refractivity contribution < 1.29 is 22.4 Å². The quantitative estimate of drug-likeness (QED) is 0.349. The van der Waals surface area contributed by atoms with Gasteiger partial charge in [0.2, 0.25) is 5.91 Å². The SMILES string of the molecule is Cc1ccc(SC(F)(F)CN[C@@H](CC(F)(F)Cc2ccccc2)C(=O)NC2(C#N)CC2)cc1. The van der Waals surface area contributed by atoms with Crippen LogP contribution in [-0.4, -0.2) is 35.2 Å². The molecule has 176 valence electrons. The fraction of sp³-hybridized carbons (Fsp3) is 0.417. The molecular formula is C24H25F4N3OS. The number of carbonyl (C=O) groups is 1. The van der Waals surface area contributed by atoms with E-state index >= 15 is 0 Å². The minimum absolute atomic E-state index is 0.292. The maximum Gasteiger partial charge on any atom is 0.310 e. The van der Waals surface area contributed by atoms with Crippen molar-refractivity contribution >= 4 is 17.7 Å². The van der Waals surface area contributed by atoms with E-state index in [9.17, 15) is 27.6 Å². The van der Waals surface area contributed by atoms with Crippen LogP contribution in [0.15, 0.2) is 59.5 Å². The smallest absolute Gasteiger partial charge is 0.310 e. The zero-order valence-electron chi connectivity index (χ0n) is 18.1. The van der Waals surface area contributed by atoms with Gasteiger partial charge in [-0.05, 0) is 37.5 Å². The average molecular weight is 480 g/mol. The largest absolute Gasteiger partial charge is 0.336 e. The first-order valence-electron chi connectivity index (χ1n) is 10.5. The molecule has 1 aliphatic carbocycles. The summed E-state index contributed by atoms with van der Waals surface area (Å²) < 4.78 is 58.7. The van der Waals surface area contributed by atoms with Crippen LogP contribution in [0.1, 0.15) is 30.4 Å². The molecule has 0 aromatic heterocycles. The molecule has 1 fully saturated rings. The second-order valence-corrected chi connectivity index (χ2v) is 9.66. The van der Waals surface area contributed by atoms with Gasteiger partial charge in [-0.1, -0.05) is 59.8 Å². The highest BCUT2D eigenvalue weighted by Crippen LogP contribution is 2.37. The molecule has 0 bridgehead atoms. The monoisotopic (exact) mass is 479 g/mol. The van der Waals surface area contributed by atoms with Crippen LogP contribution in [0, 0.1) is 18.3 Å². The van der Waals surface area contributed by atoms with Gasteiger partial charge >= 0.3 is 5.25 Å². The number of hydrogen-bond acceptors (Lipinski definition) is 4. The summed E-state index contributed by atoms with van der Waals surface area (Å²) in [6.45, 7) is 0.853. The van der Waals surface area contributed by atoms with E-state index in [4.69, 9.17) is 0 Å². The van der Waals surface area contributed by atoms with Gasteiger partial charge in [-0.15, -0.1) is 0 Å². The molecule has 0 unspecified atom stereocenters. The summed E-state index contributed by atoms with van der Waals surface area (Å²) in [5.41, 5.74) is 0.201. The molecule has 0 spiro atoms. The lowest BCUT2D eigenvalue weighted by atomic mass is 10.00. The maximum atomic E-state index is 14.8. The lowest BCUT2D eigenvalue weighted by Gasteiger charge is -2.26. The molecule has 1 amide bonds. The van der Waals surface area contributed by atoms with Gasteiger partial charge in [0.05, 0.1) is 18.7 Å². The first kappa shape index (κ1) is 25.1. The summed E-state index contributed by atoms with van der Waals surface area (Å²) in [7, 11) is 0. The highest BCUT2D eigenvalue weighted by Gasteiger charge is 2.47. The third kappa shape index (κ3) is 7.76. The van der Waals surface area contributed by atoms with Crippen molar-refractivity contribution in [2.75, 3.05) is 6.54 Å². The number of thioether (sulfide) groups is 1. The summed E-state index contributed by atoms with van der Waals surface area (Å²) in [4.78, 5) is 13.0. The number of benzene rings is 2. The molecule has 1 atom stereocenters. The number of nitrogens with zero attached hydrogens (tertiary/aromatic N) is 1. The number of nitriles is 1. The Morgan fingerprint density at radius 1 is 1.12 bits per heavy atom. The van der Waals surface area contributed by atoms with Crippen LogP contribution in [0.25, 0.3) is 0 Å². The van der Waals surface area contributed by atoms with Gasteiger partial charge in [0, 0.05) is 17.7 Å². The van der Waals surface area contributed by atoms with Crippen molar-refractivity contribution in [2.45, 2.75) is 60.3 Å². The second-order valence-electron chi connectivity index (χ2n) is 8.39. The molecule has 2 N–H and O–H groups in total. The second kappa shape index (κ2) is 10.1. The zero-order valence-corrected chi connectivity index (χ0v) is 18.9. The highest BCUT2D eigenvalue weighted by molar-refractivity contribution is 8.00. The van der Waals surface area contributed by atoms with Crippen LogP contribution in [0.5, 0.6) is 0 Å². The van der Waals surface area contributed by atoms with E-state index in [0.29, 0.717) is 35.1 Å². The van der Waals surface area contributed by atoms with E-state index in [0.717, 1.165) is 5.56 Å². The molecule has 0 heterocycles. The van der Waals surface area contributed by atoms with E-state index < -0.39 is 48.1 Å². The molecule has 0 saturated heterocycles. The summed E-state index contributed by atoms with van der Waals surface area (Å²) >= 11 is 0.292. The van der Waals surface area contributed by atoms with E-state index in [-0.39, 0.29) is 0 Å². The summed E-state index contributed by atoms with van der Waals surface area (Å²) in [5.74, 6) is -4.20. The van der Waals surface area contributed by atoms with E-state index in [1.807, 2.05) is 13.0 Å². The first-order chi connectivity index (χ1) is 15.5. The van der Waals surface area contributed by atoms with Gasteiger partial charge in [0.25, 0.3) is 5.92 Å². The summed E-state index contributed by atoms with van der Waals surface area (Å²) in [6, 6.07) is 14.9. The Bertz CT molecular complexity index is 989. The molecule has 2 aromatic carbocycles. The number of rotatable bonds is 11. The van der Waals surface area contributed by atoms with Crippen LogP contribution in [0.3, 0.4) is 0 Å². The third-order valence-electron chi connectivity index (χ3n) is 5.29. The predicted octanol–water partition coefficient (Wildman–Crippen LogP) is 5.08. The van der Waals surface area contributed by atoms with Gasteiger partial charge in [0.1, 0.15) is 5.54 Å². The Balaban J connectivity index is 1.68. The Hall–Kier alpha value is -2.57. The zero-order chi connectivity index (χ0) is 24.1. The van der Waals surface area contributed by atoms with Crippen molar-refractivity contribution in [3.05, 3.63) is 65.7 Å². The van der Waals surface area contributed by atoms with E-state index in [1.54, 1.807) is 42.5 Å². The molecule has 4 nitrogen and oxygen atoms in total. The summed E-state index contributed by atoms with van der Waals surface area (Å²) in [6.07, 6.45) is -0.790. The fourth-order valence-corrected chi connectivity index (χ4v) is 4.06. The number of alkyl halides is 4. The van der Waals surface area contributed by atoms with Gasteiger partial charge in [-0.25, -0.2) is 8.78 Å². The molecule has 33 heavy (non-hydrogen) atoms. The molecule has 3 rings (SSSR count). The third-order valence-corrected chi connectivity index (χ3v) is 6.24. The molecule has 9 heteroatoms. The number of hydrogen-bond donors (Lipinski definition) is 2. The standard InChI is InChI=1S/C24H25F4N3OS/c1-17-7-9-19(10-8-17)33-24(27,28)16-30-20(21(32)31-22(15-29)11-12-22)14-23(25,26)13-18-5-3-2-4-6-18/h2-10,20,30H,11-14,16H2,1H3,(H,31,32)/t20-/m0/s1. The lowest BCUT2D eigenvalue weighted by Crippen LogP contribution is -2.52. The number of amides is 1. The highest BCUT2D eigenvalue weighted by atomic mass is 32.2. The van der Waals surface area contributed by atoms with Gasteiger partial charge in [-0.3, -0.25) is 10.1 Å².